The van der Waals surface area contributed by atoms with E-state index in [1.54, 1.807) is 12.1 Å². The first-order valence-corrected chi connectivity index (χ1v) is 6.60. The molecule has 20 heavy (non-hydrogen) atoms. The average Bonchev–Trinajstić information content (AvgIpc) is 2.47. The molecule has 0 radical (unpaired) electrons. The number of rotatable bonds is 5. The average molecular weight is 274 g/mol. The summed E-state index contributed by atoms with van der Waals surface area (Å²) in [6.45, 7) is 1.94. The van der Waals surface area contributed by atoms with Crippen LogP contribution < -0.4 is 4.74 Å². The maximum absolute atomic E-state index is 11.1. The molecule has 2 aromatic carbocycles. The summed E-state index contributed by atoms with van der Waals surface area (Å²) in [4.78, 5) is 11.1. The summed E-state index contributed by atoms with van der Waals surface area (Å²) < 4.78 is 9.92. The van der Waals surface area contributed by atoms with Crippen LogP contribution in [0, 0.1) is 0 Å². The minimum Gasteiger partial charge on any atom is -0.508 e. The lowest BCUT2D eigenvalue weighted by Crippen LogP contribution is -2.12. The van der Waals surface area contributed by atoms with Gasteiger partial charge in [-0.1, -0.05) is 25.5 Å². The van der Waals surface area contributed by atoms with Gasteiger partial charge in [-0.05, 0) is 35.4 Å². The highest BCUT2D eigenvalue weighted by Gasteiger charge is 2.08. The smallest absolute Gasteiger partial charge is 0.343 e. The molecule has 0 spiro atoms. The molecule has 0 aromatic heterocycles. The summed E-state index contributed by atoms with van der Waals surface area (Å²) in [5, 5.41) is 12.0. The molecule has 0 saturated carbocycles. The van der Waals surface area contributed by atoms with Crippen molar-refractivity contribution in [1.29, 1.82) is 0 Å². The molecule has 2 aromatic rings. The highest BCUT2D eigenvalue weighted by atomic mass is 16.6. The van der Waals surface area contributed by atoms with Gasteiger partial charge in [0, 0.05) is 5.56 Å². The maximum atomic E-state index is 11.1. The van der Waals surface area contributed by atoms with Gasteiger partial charge >= 0.3 is 5.97 Å². The van der Waals surface area contributed by atoms with Crippen molar-refractivity contribution < 1.29 is 19.4 Å². The highest BCUT2D eigenvalue weighted by Crippen LogP contribution is 2.31. The van der Waals surface area contributed by atoms with Crippen LogP contribution in [-0.2, 0) is 16.0 Å². The first-order valence-electron chi connectivity index (χ1n) is 6.60. The second kappa shape index (κ2) is 6.28. The number of carbonyl (C=O) groups excluding carboxylic acids is 1. The van der Waals surface area contributed by atoms with Gasteiger partial charge < -0.3 is 14.6 Å². The van der Waals surface area contributed by atoms with E-state index in [1.165, 1.54) is 7.11 Å². The van der Waals surface area contributed by atoms with Gasteiger partial charge in [-0.3, -0.25) is 0 Å². The van der Waals surface area contributed by atoms with Gasteiger partial charge in [0.25, 0.3) is 0 Å². The zero-order valence-electron chi connectivity index (χ0n) is 11.7. The molecule has 0 saturated heterocycles. The Morgan fingerprint density at radius 2 is 2.00 bits per heavy atom. The summed E-state index contributed by atoms with van der Waals surface area (Å²) in [5.41, 5.74) is 0.911. The van der Waals surface area contributed by atoms with Crippen LogP contribution in [-0.4, -0.2) is 24.8 Å². The predicted molar refractivity (Wildman–Crippen MR) is 77.1 cm³/mol. The van der Waals surface area contributed by atoms with Crippen molar-refractivity contribution in [2.45, 2.75) is 19.8 Å². The number of phenols is 1. The largest absolute Gasteiger partial charge is 0.508 e. The van der Waals surface area contributed by atoms with Gasteiger partial charge in [0.1, 0.15) is 11.5 Å². The van der Waals surface area contributed by atoms with Crippen LogP contribution in [0.3, 0.4) is 0 Å². The molecule has 0 unspecified atom stereocenters. The van der Waals surface area contributed by atoms with Crippen molar-refractivity contribution in [3.8, 4) is 11.5 Å². The second-order valence-electron chi connectivity index (χ2n) is 4.56. The first kappa shape index (κ1) is 14.2. The third-order valence-corrected chi connectivity index (χ3v) is 3.16. The Hall–Kier alpha value is -2.23. The summed E-state index contributed by atoms with van der Waals surface area (Å²) in [6, 6.07) is 9.15. The minimum absolute atomic E-state index is 0.121. The molecule has 0 aliphatic rings. The third-order valence-electron chi connectivity index (χ3n) is 3.16. The Balaban J connectivity index is 2.35. The van der Waals surface area contributed by atoms with E-state index in [1.807, 2.05) is 18.2 Å². The molecule has 0 bridgehead atoms. The van der Waals surface area contributed by atoms with Gasteiger partial charge in [-0.15, -0.1) is 0 Å². The van der Waals surface area contributed by atoms with E-state index in [9.17, 15) is 9.90 Å². The minimum atomic E-state index is -0.421. The Labute approximate surface area is 117 Å². The van der Waals surface area contributed by atoms with E-state index in [0.717, 1.165) is 29.2 Å². The number of aromatic hydroxyl groups is 1. The van der Waals surface area contributed by atoms with Crippen molar-refractivity contribution in [2.75, 3.05) is 13.7 Å². The van der Waals surface area contributed by atoms with Gasteiger partial charge in [-0.25, -0.2) is 4.79 Å². The molecule has 1 N–H and O–H groups in total. The Morgan fingerprint density at radius 1 is 1.25 bits per heavy atom. The zero-order valence-corrected chi connectivity index (χ0v) is 11.7. The van der Waals surface area contributed by atoms with Crippen molar-refractivity contribution >= 4 is 16.7 Å². The molecule has 4 nitrogen and oxygen atoms in total. The zero-order chi connectivity index (χ0) is 14.5. The first-order chi connectivity index (χ1) is 9.65. The van der Waals surface area contributed by atoms with Crippen LogP contribution in [0.5, 0.6) is 11.5 Å². The van der Waals surface area contributed by atoms with Crippen LogP contribution in [0.1, 0.15) is 18.9 Å². The third kappa shape index (κ3) is 3.02. The number of hydrogen-bond donors (Lipinski definition) is 1. The molecular weight excluding hydrogens is 256 g/mol. The number of benzene rings is 2. The number of carbonyl (C=O) groups is 1. The molecule has 106 valence electrons. The fourth-order valence-corrected chi connectivity index (χ4v) is 2.15. The number of fused-ring (bicyclic) bond motifs is 1. The van der Waals surface area contributed by atoms with Gasteiger partial charge in [-0.2, -0.15) is 0 Å². The molecule has 0 fully saturated rings. The van der Waals surface area contributed by atoms with E-state index in [0.29, 0.717) is 11.5 Å². The SMILES string of the molecule is CCCc1c(O)ccc2ccc(OCC(=O)OC)cc12. The highest BCUT2D eigenvalue weighted by molar-refractivity contribution is 5.89. The number of esters is 1. The Bertz CT molecular complexity index is 619. The van der Waals surface area contributed by atoms with Gasteiger partial charge in [0.15, 0.2) is 6.61 Å². The van der Waals surface area contributed by atoms with Gasteiger partial charge in [0.05, 0.1) is 7.11 Å². The molecule has 4 heteroatoms. The normalized spacial score (nSPS) is 10.5. The van der Waals surface area contributed by atoms with E-state index < -0.39 is 5.97 Å². The fourth-order valence-electron chi connectivity index (χ4n) is 2.15. The number of hydrogen-bond acceptors (Lipinski definition) is 4. The molecule has 0 heterocycles. The molecule has 0 amide bonds. The Morgan fingerprint density at radius 3 is 2.70 bits per heavy atom. The maximum Gasteiger partial charge on any atom is 0.343 e. The van der Waals surface area contributed by atoms with Crippen LogP contribution in [0.15, 0.2) is 30.3 Å². The molecule has 0 aliphatic heterocycles. The van der Waals surface area contributed by atoms with E-state index >= 15 is 0 Å². The van der Waals surface area contributed by atoms with Crippen LogP contribution in [0.2, 0.25) is 0 Å². The van der Waals surface area contributed by atoms with Crippen molar-refractivity contribution in [1.82, 2.24) is 0 Å². The summed E-state index contributed by atoms with van der Waals surface area (Å²) >= 11 is 0. The lowest BCUT2D eigenvalue weighted by Gasteiger charge is -2.10. The number of phenolic OH excluding ortho intramolecular Hbond substituents is 1. The van der Waals surface area contributed by atoms with E-state index in [2.05, 4.69) is 11.7 Å². The van der Waals surface area contributed by atoms with Crippen LogP contribution in [0.4, 0.5) is 0 Å². The number of ether oxygens (including phenoxy) is 2. The predicted octanol–water partition coefficient (Wildman–Crippen LogP) is 3.05. The summed E-state index contributed by atoms with van der Waals surface area (Å²) in [7, 11) is 1.32. The number of methoxy groups -OCH3 is 1. The molecular formula is C16H18O4. The van der Waals surface area contributed by atoms with E-state index in [-0.39, 0.29) is 6.61 Å². The summed E-state index contributed by atoms with van der Waals surface area (Å²) in [5.74, 6) is 0.463. The molecule has 0 atom stereocenters. The van der Waals surface area contributed by atoms with Crippen LogP contribution in [0.25, 0.3) is 10.8 Å². The van der Waals surface area contributed by atoms with Gasteiger partial charge in [0.2, 0.25) is 0 Å². The standard InChI is InChI=1S/C16H18O4/c1-3-4-13-14-9-12(20-10-16(18)19-2)7-5-11(14)6-8-15(13)17/h5-9,17H,3-4,10H2,1-2H3. The number of aryl methyl sites for hydroxylation is 1. The molecule has 0 aliphatic carbocycles. The quantitative estimate of drug-likeness (QED) is 0.851. The van der Waals surface area contributed by atoms with E-state index in [4.69, 9.17) is 4.74 Å². The fraction of sp³-hybridized carbons (Fsp3) is 0.312. The van der Waals surface area contributed by atoms with Crippen molar-refractivity contribution in [3.63, 3.8) is 0 Å². The summed E-state index contributed by atoms with van der Waals surface area (Å²) in [6.07, 6.45) is 1.74. The monoisotopic (exact) mass is 274 g/mol. The van der Waals surface area contributed by atoms with Crippen molar-refractivity contribution in [2.24, 2.45) is 0 Å². The topological polar surface area (TPSA) is 55.8 Å². The Kier molecular flexibility index (Phi) is 4.45. The van der Waals surface area contributed by atoms with Crippen LogP contribution >= 0.6 is 0 Å². The lowest BCUT2D eigenvalue weighted by molar-refractivity contribution is -0.142. The lowest BCUT2D eigenvalue weighted by atomic mass is 10.00. The van der Waals surface area contributed by atoms with Crippen molar-refractivity contribution in [3.05, 3.63) is 35.9 Å². The second-order valence-corrected chi connectivity index (χ2v) is 4.56. The molecule has 2 rings (SSSR count).